The molecule has 0 saturated heterocycles. The number of carbonyl (C=O) groups is 2. The van der Waals surface area contributed by atoms with Gasteiger partial charge in [0.05, 0.1) is 12.3 Å². The number of amides is 2. The molecule has 0 aliphatic heterocycles. The molecule has 0 aliphatic rings. The first kappa shape index (κ1) is 22.0. The molecule has 0 atom stereocenters. The summed E-state index contributed by atoms with van der Waals surface area (Å²) in [5.41, 5.74) is 2.30. The number of hydrogen-bond donors (Lipinski definition) is 2. The van der Waals surface area contributed by atoms with Crippen LogP contribution >= 0.6 is 0 Å². The molecule has 33 heavy (non-hydrogen) atoms. The van der Waals surface area contributed by atoms with Crippen LogP contribution in [-0.2, 0) is 4.79 Å². The Hall–Kier alpha value is -4.26. The Morgan fingerprint density at radius 1 is 0.909 bits per heavy atom. The Kier molecular flexibility index (Phi) is 6.59. The highest BCUT2D eigenvalue weighted by atomic mass is 16.5. The molecule has 1 aromatic heterocycles. The van der Waals surface area contributed by atoms with Crippen LogP contribution in [0.25, 0.3) is 11.0 Å². The maximum absolute atomic E-state index is 13.1. The number of ether oxygens (including phenoxy) is 2. The van der Waals surface area contributed by atoms with Crippen LogP contribution in [0.1, 0.15) is 23.0 Å². The van der Waals surface area contributed by atoms with Crippen molar-refractivity contribution in [3.8, 4) is 11.5 Å². The lowest BCUT2D eigenvalue weighted by molar-refractivity contribution is -0.118. The van der Waals surface area contributed by atoms with Crippen LogP contribution < -0.4 is 20.1 Å². The number of nitrogens with one attached hydrogen (secondary N) is 2. The number of anilines is 2. The van der Waals surface area contributed by atoms with Crippen molar-refractivity contribution in [3.05, 3.63) is 84.1 Å². The van der Waals surface area contributed by atoms with Crippen molar-refractivity contribution in [1.82, 2.24) is 0 Å². The van der Waals surface area contributed by atoms with Crippen LogP contribution in [0.5, 0.6) is 11.5 Å². The number of hydrogen-bond acceptors (Lipinski definition) is 5. The molecule has 0 fully saturated rings. The van der Waals surface area contributed by atoms with E-state index in [1.807, 2.05) is 44.2 Å². The second kappa shape index (κ2) is 9.91. The summed E-state index contributed by atoms with van der Waals surface area (Å²) in [7, 11) is 0. The third-order valence-corrected chi connectivity index (χ3v) is 4.86. The van der Waals surface area contributed by atoms with Crippen molar-refractivity contribution in [3.63, 3.8) is 0 Å². The number of benzene rings is 3. The molecule has 2 amide bonds. The number of aryl methyl sites for hydroxylation is 1. The Bertz CT molecular complexity index is 1290. The van der Waals surface area contributed by atoms with Gasteiger partial charge < -0.3 is 24.5 Å². The van der Waals surface area contributed by atoms with E-state index in [9.17, 15) is 9.59 Å². The second-order valence-electron chi connectivity index (χ2n) is 7.34. The van der Waals surface area contributed by atoms with Crippen LogP contribution in [-0.4, -0.2) is 25.0 Å². The molecule has 0 radical (unpaired) electrons. The molecule has 7 heteroatoms. The molecule has 0 spiro atoms. The first-order valence-corrected chi connectivity index (χ1v) is 10.6. The topological polar surface area (TPSA) is 89.8 Å². The zero-order valence-electron chi connectivity index (χ0n) is 18.4. The van der Waals surface area contributed by atoms with E-state index in [0.29, 0.717) is 34.8 Å². The number of para-hydroxylation sites is 3. The lowest BCUT2D eigenvalue weighted by atomic mass is 10.2. The molecule has 0 aliphatic carbocycles. The zero-order chi connectivity index (χ0) is 23.2. The van der Waals surface area contributed by atoms with E-state index in [0.717, 1.165) is 5.56 Å². The highest BCUT2D eigenvalue weighted by Crippen LogP contribution is 2.32. The number of fused-ring (bicyclic) bond motifs is 1. The summed E-state index contributed by atoms with van der Waals surface area (Å²) in [5, 5.41) is 6.20. The first-order valence-electron chi connectivity index (χ1n) is 10.6. The number of furan rings is 1. The van der Waals surface area contributed by atoms with Crippen LogP contribution in [0.3, 0.4) is 0 Å². The third kappa shape index (κ3) is 5.15. The molecule has 2 N–H and O–H groups in total. The van der Waals surface area contributed by atoms with Gasteiger partial charge in [-0.05, 0) is 55.8 Å². The maximum atomic E-state index is 13.1. The van der Waals surface area contributed by atoms with Crippen LogP contribution in [0.2, 0.25) is 0 Å². The first-order chi connectivity index (χ1) is 16.0. The fourth-order valence-corrected chi connectivity index (χ4v) is 3.39. The summed E-state index contributed by atoms with van der Waals surface area (Å²) in [6.07, 6.45) is 0. The fourth-order valence-electron chi connectivity index (χ4n) is 3.39. The Morgan fingerprint density at radius 2 is 1.70 bits per heavy atom. The van der Waals surface area contributed by atoms with Crippen molar-refractivity contribution >= 4 is 34.2 Å². The van der Waals surface area contributed by atoms with Gasteiger partial charge in [0.2, 0.25) is 5.76 Å². The van der Waals surface area contributed by atoms with Gasteiger partial charge in [-0.3, -0.25) is 9.59 Å². The SMILES string of the molecule is CCOc1ccccc1NC(=O)c1oc2ccccc2c1NC(=O)COc1cccc(C)c1. The maximum Gasteiger partial charge on any atom is 0.293 e. The molecule has 4 aromatic rings. The van der Waals surface area contributed by atoms with Gasteiger partial charge in [0.15, 0.2) is 6.61 Å². The average Bonchev–Trinajstić information content (AvgIpc) is 3.18. The van der Waals surface area contributed by atoms with Crippen molar-refractivity contribution < 1.29 is 23.5 Å². The van der Waals surface area contributed by atoms with E-state index < -0.39 is 11.8 Å². The molecular formula is C26H24N2O5. The monoisotopic (exact) mass is 444 g/mol. The van der Waals surface area contributed by atoms with Gasteiger partial charge in [0.1, 0.15) is 22.8 Å². The lowest BCUT2D eigenvalue weighted by Crippen LogP contribution is -2.22. The molecule has 0 unspecified atom stereocenters. The van der Waals surface area contributed by atoms with Gasteiger partial charge in [-0.1, -0.05) is 36.4 Å². The quantitative estimate of drug-likeness (QED) is 0.379. The van der Waals surface area contributed by atoms with Gasteiger partial charge in [-0.2, -0.15) is 0 Å². The molecular weight excluding hydrogens is 420 g/mol. The van der Waals surface area contributed by atoms with Crippen LogP contribution in [0, 0.1) is 6.92 Å². The smallest absolute Gasteiger partial charge is 0.293 e. The summed E-state index contributed by atoms with van der Waals surface area (Å²) < 4.78 is 17.0. The summed E-state index contributed by atoms with van der Waals surface area (Å²) in [6.45, 7) is 4.06. The zero-order valence-corrected chi connectivity index (χ0v) is 18.4. The van der Waals surface area contributed by atoms with Gasteiger partial charge in [-0.15, -0.1) is 0 Å². The predicted molar refractivity (Wildman–Crippen MR) is 127 cm³/mol. The second-order valence-corrected chi connectivity index (χ2v) is 7.34. The summed E-state index contributed by atoms with van der Waals surface area (Å²) in [4.78, 5) is 25.8. The number of carbonyl (C=O) groups excluding carboxylic acids is 2. The van der Waals surface area contributed by atoms with Gasteiger partial charge in [0, 0.05) is 5.39 Å². The van der Waals surface area contributed by atoms with Crippen LogP contribution in [0.15, 0.2) is 77.2 Å². The molecule has 1 heterocycles. The van der Waals surface area contributed by atoms with E-state index in [1.165, 1.54) is 0 Å². The normalized spacial score (nSPS) is 10.6. The molecule has 7 nitrogen and oxygen atoms in total. The van der Waals surface area contributed by atoms with E-state index in [4.69, 9.17) is 13.9 Å². The molecule has 0 bridgehead atoms. The minimum absolute atomic E-state index is 0.00796. The fraction of sp³-hybridized carbons (Fsp3) is 0.154. The third-order valence-electron chi connectivity index (χ3n) is 4.86. The van der Waals surface area contributed by atoms with E-state index >= 15 is 0 Å². The summed E-state index contributed by atoms with van der Waals surface area (Å²) in [5.74, 6) is 0.209. The molecule has 3 aromatic carbocycles. The summed E-state index contributed by atoms with van der Waals surface area (Å²) in [6, 6.07) is 21.7. The molecule has 4 rings (SSSR count). The standard InChI is InChI=1S/C26H24N2O5/c1-3-31-22-14-7-5-12-20(22)27-26(30)25-24(19-11-4-6-13-21(19)33-25)28-23(29)16-32-18-10-8-9-17(2)15-18/h4-15H,3,16H2,1-2H3,(H,27,30)(H,28,29). The van der Waals surface area contributed by atoms with Crippen molar-refractivity contribution in [2.75, 3.05) is 23.8 Å². The average molecular weight is 444 g/mol. The minimum atomic E-state index is -0.506. The molecule has 168 valence electrons. The largest absolute Gasteiger partial charge is 0.492 e. The van der Waals surface area contributed by atoms with Crippen molar-refractivity contribution in [1.29, 1.82) is 0 Å². The predicted octanol–water partition coefficient (Wildman–Crippen LogP) is 5.41. The minimum Gasteiger partial charge on any atom is -0.492 e. The summed E-state index contributed by atoms with van der Waals surface area (Å²) >= 11 is 0. The number of rotatable bonds is 8. The van der Waals surface area contributed by atoms with E-state index in [1.54, 1.807) is 42.5 Å². The van der Waals surface area contributed by atoms with Gasteiger partial charge in [-0.25, -0.2) is 0 Å². The van der Waals surface area contributed by atoms with Crippen molar-refractivity contribution in [2.45, 2.75) is 13.8 Å². The Morgan fingerprint density at radius 3 is 2.52 bits per heavy atom. The Labute approximate surface area is 191 Å². The molecule has 0 saturated carbocycles. The van der Waals surface area contributed by atoms with Crippen LogP contribution in [0.4, 0.5) is 11.4 Å². The Balaban J connectivity index is 1.56. The highest BCUT2D eigenvalue weighted by molar-refractivity contribution is 6.15. The van der Waals surface area contributed by atoms with E-state index in [-0.39, 0.29) is 18.1 Å². The van der Waals surface area contributed by atoms with Crippen molar-refractivity contribution in [2.24, 2.45) is 0 Å². The van der Waals surface area contributed by atoms with Gasteiger partial charge >= 0.3 is 0 Å². The lowest BCUT2D eigenvalue weighted by Gasteiger charge is -2.11. The highest BCUT2D eigenvalue weighted by Gasteiger charge is 2.23. The van der Waals surface area contributed by atoms with E-state index in [2.05, 4.69) is 10.6 Å². The van der Waals surface area contributed by atoms with Gasteiger partial charge in [0.25, 0.3) is 11.8 Å².